The number of benzene rings is 2. The van der Waals surface area contributed by atoms with E-state index in [0.717, 1.165) is 42.7 Å². The maximum atomic E-state index is 12.7. The molecule has 1 heterocycles. The van der Waals surface area contributed by atoms with Gasteiger partial charge < -0.3 is 16.0 Å². The van der Waals surface area contributed by atoms with E-state index >= 15 is 0 Å². The van der Waals surface area contributed by atoms with Crippen molar-refractivity contribution in [2.24, 2.45) is 0 Å². The molecule has 2 aromatic rings. The van der Waals surface area contributed by atoms with Gasteiger partial charge in [-0.1, -0.05) is 18.2 Å². The van der Waals surface area contributed by atoms with Crippen LogP contribution in [0.2, 0.25) is 0 Å². The van der Waals surface area contributed by atoms with Crippen molar-refractivity contribution in [2.45, 2.75) is 32.7 Å². The third kappa shape index (κ3) is 5.29. The van der Waals surface area contributed by atoms with Gasteiger partial charge in [0.05, 0.1) is 0 Å². The minimum Gasteiger partial charge on any atom is -0.399 e. The fraction of sp³-hybridized carbons (Fsp3) is 0.350. The molecule has 0 radical (unpaired) electrons. The number of anilines is 2. The number of piperidine rings is 1. The highest BCUT2D eigenvalue weighted by molar-refractivity contribution is 5.96. The van der Waals surface area contributed by atoms with Crippen LogP contribution in [0.3, 0.4) is 0 Å². The molecule has 0 atom stereocenters. The summed E-state index contributed by atoms with van der Waals surface area (Å²) in [5.41, 5.74) is 10.6. The van der Waals surface area contributed by atoms with Crippen molar-refractivity contribution in [3.05, 3.63) is 59.2 Å². The molecular weight excluding hydrogens is 369 g/mol. The summed E-state index contributed by atoms with van der Waals surface area (Å²) in [4.78, 5) is 14.7. The predicted molar refractivity (Wildman–Crippen MR) is 114 cm³/mol. The van der Waals surface area contributed by atoms with Gasteiger partial charge in [-0.15, -0.1) is 24.8 Å². The first-order valence-corrected chi connectivity index (χ1v) is 8.51. The summed E-state index contributed by atoms with van der Waals surface area (Å²) < 4.78 is 0. The minimum absolute atomic E-state index is 0. The van der Waals surface area contributed by atoms with Crippen molar-refractivity contribution < 1.29 is 4.79 Å². The first kappa shape index (κ1) is 22.1. The molecule has 2 aromatic carbocycles. The van der Waals surface area contributed by atoms with Crippen LogP contribution < -0.4 is 11.1 Å². The van der Waals surface area contributed by atoms with Gasteiger partial charge in [0.2, 0.25) is 0 Å². The van der Waals surface area contributed by atoms with E-state index in [1.54, 1.807) is 6.07 Å². The number of hydrogen-bond donors (Lipinski definition) is 2. The summed E-state index contributed by atoms with van der Waals surface area (Å²) in [7, 11) is 0. The van der Waals surface area contributed by atoms with Gasteiger partial charge in [0.15, 0.2) is 0 Å². The van der Waals surface area contributed by atoms with Crippen molar-refractivity contribution in [1.29, 1.82) is 0 Å². The molecule has 0 saturated carbocycles. The highest BCUT2D eigenvalue weighted by Gasteiger charge is 2.24. The van der Waals surface area contributed by atoms with E-state index in [9.17, 15) is 4.79 Å². The molecule has 1 fully saturated rings. The second kappa shape index (κ2) is 9.70. The summed E-state index contributed by atoms with van der Waals surface area (Å²) in [5.74, 6) is 0.0915. The van der Waals surface area contributed by atoms with Crippen LogP contribution in [0.15, 0.2) is 42.5 Å². The quantitative estimate of drug-likeness (QED) is 0.754. The fourth-order valence-corrected chi connectivity index (χ4v) is 3.24. The van der Waals surface area contributed by atoms with E-state index in [1.807, 2.05) is 24.0 Å². The number of nitrogen functional groups attached to an aromatic ring is 1. The Morgan fingerprint density at radius 2 is 1.77 bits per heavy atom. The Balaban J connectivity index is 0.00000169. The molecule has 0 spiro atoms. The van der Waals surface area contributed by atoms with Gasteiger partial charge in [0.25, 0.3) is 5.91 Å². The number of nitrogens with zero attached hydrogens (tertiary/aromatic N) is 1. The van der Waals surface area contributed by atoms with Crippen LogP contribution in [-0.4, -0.2) is 29.9 Å². The second-order valence-electron chi connectivity index (χ2n) is 6.65. The number of nitrogens with two attached hydrogens (primary N) is 1. The van der Waals surface area contributed by atoms with E-state index < -0.39 is 0 Å². The predicted octanol–water partition coefficient (Wildman–Crippen LogP) is 4.45. The molecule has 0 bridgehead atoms. The van der Waals surface area contributed by atoms with Gasteiger partial charge >= 0.3 is 0 Å². The summed E-state index contributed by atoms with van der Waals surface area (Å²) >= 11 is 0. The molecule has 1 aliphatic rings. The third-order valence-electron chi connectivity index (χ3n) is 4.66. The topological polar surface area (TPSA) is 58.4 Å². The van der Waals surface area contributed by atoms with Gasteiger partial charge in [0, 0.05) is 36.1 Å². The van der Waals surface area contributed by atoms with Crippen LogP contribution in [0.5, 0.6) is 0 Å². The zero-order valence-corrected chi connectivity index (χ0v) is 16.8. The molecule has 0 unspecified atom stereocenters. The number of likely N-dealkylation sites (tertiary alicyclic amines) is 1. The molecule has 6 heteroatoms. The van der Waals surface area contributed by atoms with E-state index in [-0.39, 0.29) is 30.7 Å². The fourth-order valence-electron chi connectivity index (χ4n) is 3.24. The lowest BCUT2D eigenvalue weighted by Gasteiger charge is -2.33. The van der Waals surface area contributed by atoms with Crippen LogP contribution in [-0.2, 0) is 0 Å². The Kier molecular flexibility index (Phi) is 8.25. The van der Waals surface area contributed by atoms with Crippen molar-refractivity contribution in [1.82, 2.24) is 4.90 Å². The number of halogens is 2. The molecule has 3 rings (SSSR count). The Morgan fingerprint density at radius 1 is 1.08 bits per heavy atom. The number of rotatable bonds is 3. The van der Waals surface area contributed by atoms with Gasteiger partial charge in [0.1, 0.15) is 0 Å². The minimum atomic E-state index is 0. The van der Waals surface area contributed by atoms with Gasteiger partial charge in [-0.2, -0.15) is 0 Å². The lowest BCUT2D eigenvalue weighted by atomic mass is 10.0. The van der Waals surface area contributed by atoms with E-state index in [0.29, 0.717) is 11.7 Å². The summed E-state index contributed by atoms with van der Waals surface area (Å²) in [6, 6.07) is 14.4. The molecule has 26 heavy (non-hydrogen) atoms. The molecule has 3 N–H and O–H groups in total. The van der Waals surface area contributed by atoms with Gasteiger partial charge in [-0.3, -0.25) is 4.79 Å². The Hall–Kier alpha value is -1.91. The van der Waals surface area contributed by atoms with Crippen LogP contribution in [0.1, 0.15) is 34.3 Å². The van der Waals surface area contributed by atoms with Gasteiger partial charge in [-0.25, -0.2) is 0 Å². The number of hydrogen-bond acceptors (Lipinski definition) is 3. The molecular formula is C20H27Cl2N3O. The maximum Gasteiger partial charge on any atom is 0.254 e. The smallest absolute Gasteiger partial charge is 0.254 e. The lowest BCUT2D eigenvalue weighted by Crippen LogP contribution is -2.42. The Morgan fingerprint density at radius 3 is 2.42 bits per heavy atom. The molecule has 1 saturated heterocycles. The Labute approximate surface area is 168 Å². The lowest BCUT2D eigenvalue weighted by molar-refractivity contribution is 0.0718. The summed E-state index contributed by atoms with van der Waals surface area (Å²) in [6.07, 6.45) is 1.92. The monoisotopic (exact) mass is 395 g/mol. The first-order chi connectivity index (χ1) is 11.5. The SMILES string of the molecule is Cc1cccc(NC2CCN(C(=O)c3cc(N)ccc3C)CC2)c1.Cl.Cl. The third-order valence-corrected chi connectivity index (χ3v) is 4.66. The first-order valence-electron chi connectivity index (χ1n) is 8.51. The Bertz CT molecular complexity index is 744. The highest BCUT2D eigenvalue weighted by atomic mass is 35.5. The number of nitrogens with one attached hydrogen (secondary N) is 1. The van der Waals surface area contributed by atoms with E-state index in [1.165, 1.54) is 5.56 Å². The molecule has 0 aromatic heterocycles. The number of amides is 1. The standard InChI is InChI=1S/C20H25N3O.2ClH/c1-14-4-3-5-18(12-14)22-17-8-10-23(11-9-17)20(24)19-13-16(21)7-6-15(19)2;;/h3-7,12-13,17,22H,8-11,21H2,1-2H3;2*1H. The maximum absolute atomic E-state index is 12.7. The number of aryl methyl sites for hydroxylation is 2. The van der Waals surface area contributed by atoms with Crippen molar-refractivity contribution in [3.63, 3.8) is 0 Å². The number of carbonyl (C=O) groups is 1. The van der Waals surface area contributed by atoms with Crippen LogP contribution in [0.4, 0.5) is 11.4 Å². The van der Waals surface area contributed by atoms with Crippen LogP contribution in [0.25, 0.3) is 0 Å². The molecule has 1 aliphatic heterocycles. The largest absolute Gasteiger partial charge is 0.399 e. The average molecular weight is 396 g/mol. The van der Waals surface area contributed by atoms with E-state index in [4.69, 9.17) is 5.73 Å². The van der Waals surface area contributed by atoms with Crippen molar-refractivity contribution in [3.8, 4) is 0 Å². The zero-order chi connectivity index (χ0) is 17.1. The van der Waals surface area contributed by atoms with Crippen LogP contribution >= 0.6 is 24.8 Å². The zero-order valence-electron chi connectivity index (χ0n) is 15.2. The van der Waals surface area contributed by atoms with Crippen molar-refractivity contribution in [2.75, 3.05) is 24.1 Å². The van der Waals surface area contributed by atoms with E-state index in [2.05, 4.69) is 36.5 Å². The summed E-state index contributed by atoms with van der Waals surface area (Å²) in [5, 5.41) is 3.58. The molecule has 4 nitrogen and oxygen atoms in total. The summed E-state index contributed by atoms with van der Waals surface area (Å²) in [6.45, 7) is 5.60. The van der Waals surface area contributed by atoms with Gasteiger partial charge in [-0.05, 0) is 62.1 Å². The molecule has 1 amide bonds. The molecule has 142 valence electrons. The molecule has 0 aliphatic carbocycles. The average Bonchev–Trinajstić information content (AvgIpc) is 2.57. The second-order valence-corrected chi connectivity index (χ2v) is 6.65. The number of carbonyl (C=O) groups excluding carboxylic acids is 1. The van der Waals surface area contributed by atoms with Crippen LogP contribution in [0, 0.1) is 13.8 Å². The normalized spacial score (nSPS) is 14.2. The van der Waals surface area contributed by atoms with Crippen molar-refractivity contribution >= 4 is 42.1 Å². The highest BCUT2D eigenvalue weighted by Crippen LogP contribution is 2.21.